The third-order valence-corrected chi connectivity index (χ3v) is 6.13. The molecular formula is C23H25F3N8O4. The molecule has 5 rings (SSSR count). The molecule has 0 bridgehead atoms. The van der Waals surface area contributed by atoms with Gasteiger partial charge in [0.15, 0.2) is 0 Å². The number of carbonyl (C=O) groups excluding carboxylic acids is 1. The highest BCUT2D eigenvalue weighted by Gasteiger charge is 2.38. The normalized spacial score (nSPS) is 19.9. The van der Waals surface area contributed by atoms with E-state index in [0.717, 1.165) is 6.20 Å². The van der Waals surface area contributed by atoms with Crippen LogP contribution in [0.15, 0.2) is 30.9 Å². The summed E-state index contributed by atoms with van der Waals surface area (Å²) in [7, 11) is 1.79. The molecule has 1 saturated carbocycles. The molecule has 0 aromatic carbocycles. The van der Waals surface area contributed by atoms with Gasteiger partial charge in [-0.25, -0.2) is 19.7 Å². The molecule has 0 radical (unpaired) electrons. The number of aryl methyl sites for hydroxylation is 1. The first kappa shape index (κ1) is 25.6. The highest BCUT2D eigenvalue weighted by Crippen LogP contribution is 2.36. The van der Waals surface area contributed by atoms with Crippen LogP contribution in [0.3, 0.4) is 0 Å². The molecule has 1 aliphatic carbocycles. The maximum atomic E-state index is 13.3. The van der Waals surface area contributed by atoms with Crippen LogP contribution in [-0.2, 0) is 18.0 Å². The molecule has 38 heavy (non-hydrogen) atoms. The second kappa shape index (κ2) is 10.8. The first-order valence-corrected chi connectivity index (χ1v) is 12.0. The number of nitrogens with one attached hydrogen (secondary N) is 2. The SMILES string of the molecule is Cn1ccc(-c2cnc(OC(=O)NC3CCC(Nc4ncc(C(F)(F)F)c(OC5COC5)n4)CC3)cn2)n1. The van der Waals surface area contributed by atoms with E-state index < -0.39 is 29.8 Å². The van der Waals surface area contributed by atoms with Crippen molar-refractivity contribution in [3.63, 3.8) is 0 Å². The maximum absolute atomic E-state index is 13.3. The predicted molar refractivity (Wildman–Crippen MR) is 125 cm³/mol. The van der Waals surface area contributed by atoms with Crippen molar-refractivity contribution in [3.05, 3.63) is 36.4 Å². The van der Waals surface area contributed by atoms with Crippen molar-refractivity contribution in [2.45, 2.75) is 50.0 Å². The van der Waals surface area contributed by atoms with Crippen LogP contribution in [0.2, 0.25) is 0 Å². The lowest BCUT2D eigenvalue weighted by Crippen LogP contribution is -2.41. The van der Waals surface area contributed by atoms with Crippen LogP contribution >= 0.6 is 0 Å². The summed E-state index contributed by atoms with van der Waals surface area (Å²) in [6, 6.07) is 1.59. The summed E-state index contributed by atoms with van der Waals surface area (Å²) in [5.41, 5.74) is 0.175. The van der Waals surface area contributed by atoms with Crippen molar-refractivity contribution < 1.29 is 32.2 Å². The van der Waals surface area contributed by atoms with Crippen molar-refractivity contribution >= 4 is 12.0 Å². The number of anilines is 1. The standard InChI is InChI=1S/C23H25F3N8O4/c1-34-7-6-17(33-34)18-9-28-19(10-27-18)38-22(35)31-14-4-2-13(3-5-14)30-21-29-8-16(23(24,25)26)20(32-21)37-15-11-36-12-15/h6-10,13-15H,2-5,11-12H2,1H3,(H,31,35)(H,29,30,32). The highest BCUT2D eigenvalue weighted by molar-refractivity contribution is 5.70. The van der Waals surface area contributed by atoms with Gasteiger partial charge in [0.1, 0.15) is 23.1 Å². The van der Waals surface area contributed by atoms with Crippen LogP contribution in [0.25, 0.3) is 11.4 Å². The number of carbonyl (C=O) groups is 1. The van der Waals surface area contributed by atoms with Crippen LogP contribution in [0.4, 0.5) is 23.9 Å². The van der Waals surface area contributed by atoms with Gasteiger partial charge in [0, 0.05) is 31.5 Å². The molecule has 3 aromatic heterocycles. The van der Waals surface area contributed by atoms with Gasteiger partial charge in [0.25, 0.3) is 0 Å². The van der Waals surface area contributed by atoms with Crippen LogP contribution in [0.1, 0.15) is 31.2 Å². The van der Waals surface area contributed by atoms with E-state index in [1.54, 1.807) is 24.0 Å². The van der Waals surface area contributed by atoms with Crippen molar-refractivity contribution in [2.75, 3.05) is 18.5 Å². The topological polar surface area (TPSA) is 138 Å². The summed E-state index contributed by atoms with van der Waals surface area (Å²) in [6.07, 6.45) is 2.11. The molecule has 2 aliphatic rings. The Bertz CT molecular complexity index is 1260. The summed E-state index contributed by atoms with van der Waals surface area (Å²) >= 11 is 0. The number of hydrogen-bond acceptors (Lipinski definition) is 10. The largest absolute Gasteiger partial charge is 0.469 e. The zero-order chi connectivity index (χ0) is 26.7. The van der Waals surface area contributed by atoms with Gasteiger partial charge in [-0.2, -0.15) is 23.3 Å². The minimum Gasteiger partial charge on any atom is -0.469 e. The Morgan fingerprint density at radius 2 is 1.82 bits per heavy atom. The molecule has 4 heterocycles. The summed E-state index contributed by atoms with van der Waals surface area (Å²) in [6.45, 7) is 0.430. The fraction of sp³-hybridized carbons (Fsp3) is 0.478. The lowest BCUT2D eigenvalue weighted by atomic mass is 9.91. The van der Waals surface area contributed by atoms with E-state index in [-0.39, 0.29) is 37.1 Å². The minimum atomic E-state index is -4.64. The second-order valence-electron chi connectivity index (χ2n) is 9.03. The number of aromatic nitrogens is 6. The van der Waals surface area contributed by atoms with E-state index in [4.69, 9.17) is 14.2 Å². The van der Waals surface area contributed by atoms with Gasteiger partial charge in [0.2, 0.25) is 17.7 Å². The van der Waals surface area contributed by atoms with Gasteiger partial charge in [-0.05, 0) is 31.7 Å². The van der Waals surface area contributed by atoms with Crippen molar-refractivity contribution in [1.82, 2.24) is 35.0 Å². The number of hydrogen-bond donors (Lipinski definition) is 2. The quantitative estimate of drug-likeness (QED) is 0.465. The van der Waals surface area contributed by atoms with Gasteiger partial charge in [-0.1, -0.05) is 0 Å². The number of halogens is 3. The van der Waals surface area contributed by atoms with E-state index in [9.17, 15) is 18.0 Å². The molecule has 1 aliphatic heterocycles. The van der Waals surface area contributed by atoms with Gasteiger partial charge >= 0.3 is 12.3 Å². The average Bonchev–Trinajstić information content (AvgIpc) is 3.29. The maximum Gasteiger partial charge on any atom is 0.423 e. The van der Waals surface area contributed by atoms with Gasteiger partial charge < -0.3 is 24.8 Å². The highest BCUT2D eigenvalue weighted by atomic mass is 19.4. The zero-order valence-electron chi connectivity index (χ0n) is 20.3. The molecule has 15 heteroatoms. The van der Waals surface area contributed by atoms with E-state index >= 15 is 0 Å². The number of rotatable bonds is 7. The third kappa shape index (κ3) is 6.27. The van der Waals surface area contributed by atoms with Crippen LogP contribution < -0.4 is 20.1 Å². The fourth-order valence-electron chi connectivity index (χ4n) is 4.07. The van der Waals surface area contributed by atoms with Crippen molar-refractivity contribution in [1.29, 1.82) is 0 Å². The second-order valence-corrected chi connectivity index (χ2v) is 9.03. The molecule has 2 N–H and O–H groups in total. The molecule has 0 unspecified atom stereocenters. The molecule has 1 amide bonds. The third-order valence-electron chi connectivity index (χ3n) is 6.13. The van der Waals surface area contributed by atoms with E-state index in [2.05, 4.69) is 35.7 Å². The van der Waals surface area contributed by atoms with Crippen molar-refractivity contribution in [2.24, 2.45) is 7.05 Å². The zero-order valence-corrected chi connectivity index (χ0v) is 20.3. The van der Waals surface area contributed by atoms with E-state index in [1.165, 1.54) is 12.4 Å². The minimum absolute atomic E-state index is 0.0526. The Hall–Kier alpha value is -4.01. The molecule has 1 saturated heterocycles. The number of amides is 1. The van der Waals surface area contributed by atoms with Crippen LogP contribution in [0.5, 0.6) is 11.8 Å². The first-order chi connectivity index (χ1) is 18.2. The Morgan fingerprint density at radius 1 is 1.05 bits per heavy atom. The monoisotopic (exact) mass is 534 g/mol. The lowest BCUT2D eigenvalue weighted by Gasteiger charge is -2.30. The van der Waals surface area contributed by atoms with Crippen molar-refractivity contribution in [3.8, 4) is 23.1 Å². The van der Waals surface area contributed by atoms with Gasteiger partial charge in [-0.15, -0.1) is 0 Å². The fourth-order valence-corrected chi connectivity index (χ4v) is 4.07. The molecule has 202 valence electrons. The Labute approximate surface area is 214 Å². The van der Waals surface area contributed by atoms with E-state index in [1.807, 2.05) is 0 Å². The van der Waals surface area contributed by atoms with Gasteiger partial charge in [-0.3, -0.25) is 4.68 Å². The number of nitrogens with zero attached hydrogens (tertiary/aromatic N) is 6. The van der Waals surface area contributed by atoms with Crippen LogP contribution in [0, 0.1) is 0 Å². The summed E-state index contributed by atoms with van der Waals surface area (Å²) < 4.78 is 57.2. The smallest absolute Gasteiger partial charge is 0.423 e. The molecule has 3 aromatic rings. The van der Waals surface area contributed by atoms with Gasteiger partial charge in [0.05, 0.1) is 25.6 Å². The Kier molecular flexibility index (Phi) is 7.26. The summed E-state index contributed by atoms with van der Waals surface area (Å²) in [5.74, 6) is -0.405. The van der Waals surface area contributed by atoms with E-state index in [0.29, 0.717) is 37.1 Å². The van der Waals surface area contributed by atoms with Crippen LogP contribution in [-0.4, -0.2) is 67.2 Å². The molecular weight excluding hydrogens is 509 g/mol. The predicted octanol–water partition coefficient (Wildman–Crippen LogP) is 2.98. The molecule has 12 nitrogen and oxygen atoms in total. The average molecular weight is 534 g/mol. The molecule has 0 atom stereocenters. The number of alkyl halides is 3. The summed E-state index contributed by atoms with van der Waals surface area (Å²) in [5, 5.41) is 10.1. The lowest BCUT2D eigenvalue weighted by molar-refractivity contribution is -0.142. The number of ether oxygens (including phenoxy) is 3. The Morgan fingerprint density at radius 3 is 2.42 bits per heavy atom. The first-order valence-electron chi connectivity index (χ1n) is 12.0. The Balaban J connectivity index is 1.10. The summed E-state index contributed by atoms with van der Waals surface area (Å²) in [4.78, 5) is 28.4. The molecule has 0 spiro atoms. The molecule has 2 fully saturated rings.